The van der Waals surface area contributed by atoms with Crippen LogP contribution in [-0.4, -0.2) is 16.0 Å². The van der Waals surface area contributed by atoms with Crippen molar-refractivity contribution < 1.29 is 9.32 Å². The Kier molecular flexibility index (Phi) is 3.53. The summed E-state index contributed by atoms with van der Waals surface area (Å²) in [6.45, 7) is 3.70. The van der Waals surface area contributed by atoms with Crippen molar-refractivity contribution in [1.82, 2.24) is 10.1 Å². The third-order valence-corrected chi connectivity index (χ3v) is 3.91. The number of hydrogen-bond donors (Lipinski definition) is 1. The molecule has 0 atom stereocenters. The molecule has 0 bridgehead atoms. The molecule has 2 heterocycles. The molecule has 0 unspecified atom stereocenters. The number of nitrogens with one attached hydrogen (secondary N) is 1. The first kappa shape index (κ1) is 13.5. The van der Waals surface area contributed by atoms with Crippen molar-refractivity contribution in [2.45, 2.75) is 13.8 Å². The summed E-state index contributed by atoms with van der Waals surface area (Å²) in [6, 6.07) is 11.1. The van der Waals surface area contributed by atoms with E-state index in [0.717, 1.165) is 10.4 Å². The Morgan fingerprint density at radius 2 is 2.00 bits per heavy atom. The van der Waals surface area contributed by atoms with E-state index >= 15 is 0 Å². The first-order valence-electron chi connectivity index (χ1n) is 6.41. The summed E-state index contributed by atoms with van der Waals surface area (Å²) in [5, 5.41) is 6.79. The van der Waals surface area contributed by atoms with Crippen molar-refractivity contribution in [2.75, 3.05) is 5.32 Å². The lowest BCUT2D eigenvalue weighted by molar-refractivity contribution is 0.103. The number of aromatic nitrogens is 2. The zero-order valence-corrected chi connectivity index (χ0v) is 12.4. The molecule has 0 aliphatic carbocycles. The van der Waals surface area contributed by atoms with Crippen molar-refractivity contribution in [3.05, 3.63) is 52.0 Å². The average Bonchev–Trinajstić information content (AvgIpc) is 3.08. The van der Waals surface area contributed by atoms with E-state index in [1.807, 2.05) is 43.3 Å². The molecule has 0 spiro atoms. The van der Waals surface area contributed by atoms with Gasteiger partial charge in [0.05, 0.1) is 10.6 Å². The molecule has 0 aliphatic rings. The van der Waals surface area contributed by atoms with Crippen LogP contribution in [0.5, 0.6) is 0 Å². The SMILES string of the molecule is Cc1nc(-c2ccccc2NC(=O)c2ccc(C)s2)no1. The minimum absolute atomic E-state index is 0.138. The van der Waals surface area contributed by atoms with Gasteiger partial charge in [-0.15, -0.1) is 11.3 Å². The Hall–Kier alpha value is -2.47. The van der Waals surface area contributed by atoms with Gasteiger partial charge in [-0.05, 0) is 31.2 Å². The minimum Gasteiger partial charge on any atom is -0.339 e. The molecule has 106 valence electrons. The number of amides is 1. The Morgan fingerprint density at radius 3 is 2.67 bits per heavy atom. The average molecular weight is 299 g/mol. The van der Waals surface area contributed by atoms with Crippen LogP contribution in [0, 0.1) is 13.8 Å². The lowest BCUT2D eigenvalue weighted by Gasteiger charge is -2.07. The third kappa shape index (κ3) is 2.85. The van der Waals surface area contributed by atoms with Gasteiger partial charge in [-0.25, -0.2) is 0 Å². The van der Waals surface area contributed by atoms with Crippen LogP contribution in [0.2, 0.25) is 0 Å². The number of carbonyl (C=O) groups excluding carboxylic acids is 1. The second-order valence-electron chi connectivity index (χ2n) is 4.55. The van der Waals surface area contributed by atoms with Gasteiger partial charge in [0.1, 0.15) is 0 Å². The van der Waals surface area contributed by atoms with Gasteiger partial charge < -0.3 is 9.84 Å². The second-order valence-corrected chi connectivity index (χ2v) is 5.83. The molecule has 1 aromatic carbocycles. The number of anilines is 1. The van der Waals surface area contributed by atoms with E-state index in [-0.39, 0.29) is 5.91 Å². The van der Waals surface area contributed by atoms with Crippen molar-refractivity contribution in [1.29, 1.82) is 0 Å². The van der Waals surface area contributed by atoms with Gasteiger partial charge in [0.25, 0.3) is 5.91 Å². The highest BCUT2D eigenvalue weighted by Crippen LogP contribution is 2.26. The first-order chi connectivity index (χ1) is 10.1. The van der Waals surface area contributed by atoms with Crippen molar-refractivity contribution in [2.24, 2.45) is 0 Å². The zero-order valence-electron chi connectivity index (χ0n) is 11.6. The predicted molar refractivity (Wildman–Crippen MR) is 81.5 cm³/mol. The summed E-state index contributed by atoms with van der Waals surface area (Å²) in [4.78, 5) is 18.2. The van der Waals surface area contributed by atoms with Crippen molar-refractivity contribution >= 4 is 22.9 Å². The number of nitrogens with zero attached hydrogens (tertiary/aromatic N) is 2. The van der Waals surface area contributed by atoms with Crippen LogP contribution in [0.1, 0.15) is 20.4 Å². The van der Waals surface area contributed by atoms with Gasteiger partial charge in [0.2, 0.25) is 11.7 Å². The van der Waals surface area contributed by atoms with Gasteiger partial charge in [-0.3, -0.25) is 4.79 Å². The summed E-state index contributed by atoms with van der Waals surface area (Å²) < 4.78 is 5.00. The maximum atomic E-state index is 12.3. The second kappa shape index (κ2) is 5.49. The quantitative estimate of drug-likeness (QED) is 0.801. The van der Waals surface area contributed by atoms with Crippen LogP contribution in [0.3, 0.4) is 0 Å². The highest BCUT2D eigenvalue weighted by molar-refractivity contribution is 7.14. The lowest BCUT2D eigenvalue weighted by Crippen LogP contribution is -2.11. The van der Waals surface area contributed by atoms with E-state index in [9.17, 15) is 4.79 Å². The van der Waals surface area contributed by atoms with Crippen molar-refractivity contribution in [3.8, 4) is 11.4 Å². The molecule has 3 aromatic rings. The number of para-hydroxylation sites is 1. The number of benzene rings is 1. The highest BCUT2D eigenvalue weighted by Gasteiger charge is 2.14. The molecule has 0 aliphatic heterocycles. The summed E-state index contributed by atoms with van der Waals surface area (Å²) >= 11 is 1.46. The van der Waals surface area contributed by atoms with E-state index in [2.05, 4.69) is 15.5 Å². The third-order valence-electron chi connectivity index (χ3n) is 2.91. The largest absolute Gasteiger partial charge is 0.339 e. The Labute approximate surface area is 125 Å². The molecule has 0 radical (unpaired) electrons. The van der Waals surface area contributed by atoms with Crippen LogP contribution < -0.4 is 5.32 Å². The van der Waals surface area contributed by atoms with Gasteiger partial charge in [-0.2, -0.15) is 4.98 Å². The van der Waals surface area contributed by atoms with Crippen LogP contribution in [0.4, 0.5) is 5.69 Å². The van der Waals surface area contributed by atoms with Gasteiger partial charge in [0.15, 0.2) is 0 Å². The molecule has 0 fully saturated rings. The van der Waals surface area contributed by atoms with Crippen LogP contribution in [0.15, 0.2) is 40.9 Å². The summed E-state index contributed by atoms with van der Waals surface area (Å²) in [5.74, 6) is 0.812. The molecule has 2 aromatic heterocycles. The van der Waals surface area contributed by atoms with E-state index in [0.29, 0.717) is 22.3 Å². The summed E-state index contributed by atoms with van der Waals surface area (Å²) in [7, 11) is 0. The first-order valence-corrected chi connectivity index (χ1v) is 7.22. The molecular formula is C15H13N3O2S. The molecule has 0 saturated carbocycles. The van der Waals surface area contributed by atoms with E-state index in [1.165, 1.54) is 11.3 Å². The lowest BCUT2D eigenvalue weighted by atomic mass is 10.1. The fourth-order valence-corrected chi connectivity index (χ4v) is 2.70. The number of carbonyl (C=O) groups is 1. The fourth-order valence-electron chi connectivity index (χ4n) is 1.94. The molecule has 6 heteroatoms. The summed E-state index contributed by atoms with van der Waals surface area (Å²) in [5.41, 5.74) is 1.39. The van der Waals surface area contributed by atoms with E-state index < -0.39 is 0 Å². The number of hydrogen-bond acceptors (Lipinski definition) is 5. The molecule has 21 heavy (non-hydrogen) atoms. The molecule has 1 amide bonds. The predicted octanol–water partition coefficient (Wildman–Crippen LogP) is 3.67. The maximum absolute atomic E-state index is 12.3. The van der Waals surface area contributed by atoms with Gasteiger partial charge >= 0.3 is 0 Å². The van der Waals surface area contributed by atoms with Gasteiger partial charge in [0, 0.05) is 17.4 Å². The molecule has 3 rings (SSSR count). The van der Waals surface area contributed by atoms with E-state index in [4.69, 9.17) is 4.52 Å². The standard InChI is InChI=1S/C15H13N3O2S/c1-9-7-8-13(21-9)15(19)17-12-6-4-3-5-11(12)14-16-10(2)20-18-14/h3-8H,1-2H3,(H,17,19). The van der Waals surface area contributed by atoms with Crippen molar-refractivity contribution in [3.63, 3.8) is 0 Å². The normalized spacial score (nSPS) is 10.6. The number of thiophene rings is 1. The number of aryl methyl sites for hydroxylation is 2. The molecule has 0 saturated heterocycles. The smallest absolute Gasteiger partial charge is 0.265 e. The summed E-state index contributed by atoms with van der Waals surface area (Å²) in [6.07, 6.45) is 0. The maximum Gasteiger partial charge on any atom is 0.265 e. The molecule has 1 N–H and O–H groups in total. The van der Waals surface area contributed by atoms with Gasteiger partial charge in [-0.1, -0.05) is 17.3 Å². The molecule has 5 nitrogen and oxygen atoms in total. The highest BCUT2D eigenvalue weighted by atomic mass is 32.1. The zero-order chi connectivity index (χ0) is 14.8. The Bertz CT molecular complexity index is 792. The number of rotatable bonds is 3. The monoisotopic (exact) mass is 299 g/mol. The Morgan fingerprint density at radius 1 is 1.19 bits per heavy atom. The topological polar surface area (TPSA) is 68.0 Å². The van der Waals surface area contributed by atoms with Crippen LogP contribution in [0.25, 0.3) is 11.4 Å². The minimum atomic E-state index is -0.138. The van der Waals surface area contributed by atoms with Crippen LogP contribution in [-0.2, 0) is 0 Å². The van der Waals surface area contributed by atoms with E-state index in [1.54, 1.807) is 6.92 Å². The molecular weight excluding hydrogens is 286 g/mol. The fraction of sp³-hybridized carbons (Fsp3) is 0.133. The Balaban J connectivity index is 1.91. The van der Waals surface area contributed by atoms with Crippen LogP contribution >= 0.6 is 11.3 Å².